The Labute approximate surface area is 76.1 Å². The first-order valence-electron chi connectivity index (χ1n) is 3.54. The molecule has 13 heavy (non-hydrogen) atoms. The van der Waals surface area contributed by atoms with Crippen LogP contribution < -0.4 is 0 Å². The summed E-state index contributed by atoms with van der Waals surface area (Å²) in [6, 6.07) is 0.308. The van der Waals surface area contributed by atoms with E-state index in [-0.39, 0.29) is 0 Å². The molecule has 80 valence electrons. The van der Waals surface area contributed by atoms with Crippen LogP contribution in [-0.4, -0.2) is 22.2 Å². The zero-order chi connectivity index (χ0) is 10.9. The van der Waals surface area contributed by atoms with Crippen molar-refractivity contribution >= 4 is 18.4 Å². The van der Waals surface area contributed by atoms with Crippen molar-refractivity contribution in [2.45, 2.75) is 31.6 Å². The van der Waals surface area contributed by atoms with Crippen LogP contribution in [0.5, 0.6) is 0 Å². The molecule has 0 aromatic heterocycles. The second kappa shape index (κ2) is 3.58. The molecule has 0 aliphatic heterocycles. The molecule has 0 aromatic rings. The smallest absolute Gasteiger partial charge is 0.308 e. The van der Waals surface area contributed by atoms with E-state index in [0.717, 1.165) is 0 Å². The number of hydrogen-bond donors (Lipinski definition) is 0. The number of rotatable bonds is 3. The molecule has 0 spiro atoms. The molecule has 0 aliphatic rings. The van der Waals surface area contributed by atoms with Crippen LogP contribution in [-0.2, 0) is 14.0 Å². The van der Waals surface area contributed by atoms with Gasteiger partial charge in [0.15, 0.2) is 0 Å². The van der Waals surface area contributed by atoms with Crippen LogP contribution in [0, 0.1) is 0 Å². The van der Waals surface area contributed by atoms with Crippen LogP contribution >= 0.6 is 0 Å². The highest BCUT2D eigenvalue weighted by Gasteiger charge is 2.49. The second-order valence-electron chi connectivity index (χ2n) is 3.10. The third kappa shape index (κ3) is 3.65. The summed E-state index contributed by atoms with van der Waals surface area (Å²) >= 11 is 0. The molecule has 3 nitrogen and oxygen atoms in total. The standard InChI is InChI=1S/C5H11F3O3SSi/c1-4-13(2,3)11-12(9,10)5(6,7)8/h4H2,1-3H3. The Morgan fingerprint density at radius 2 is 1.69 bits per heavy atom. The van der Waals surface area contributed by atoms with Crippen molar-refractivity contribution in [3.05, 3.63) is 0 Å². The molecule has 0 rings (SSSR count). The van der Waals surface area contributed by atoms with Gasteiger partial charge in [-0.2, -0.15) is 21.6 Å². The van der Waals surface area contributed by atoms with E-state index in [2.05, 4.69) is 3.87 Å². The lowest BCUT2D eigenvalue weighted by Crippen LogP contribution is -2.38. The fourth-order valence-corrected chi connectivity index (χ4v) is 3.63. The Hall–Kier alpha value is -0.0831. The maximum absolute atomic E-state index is 11.8. The van der Waals surface area contributed by atoms with Gasteiger partial charge >= 0.3 is 15.6 Å². The quantitative estimate of drug-likeness (QED) is 0.556. The summed E-state index contributed by atoms with van der Waals surface area (Å²) in [7, 11) is -8.14. The second-order valence-corrected chi connectivity index (χ2v) is 9.36. The maximum atomic E-state index is 11.8. The summed E-state index contributed by atoms with van der Waals surface area (Å²) in [5.74, 6) is 0. The van der Waals surface area contributed by atoms with E-state index in [1.807, 2.05) is 0 Å². The average molecular weight is 236 g/mol. The van der Waals surface area contributed by atoms with Gasteiger partial charge in [-0.3, -0.25) is 0 Å². The molecule has 0 atom stereocenters. The van der Waals surface area contributed by atoms with Crippen molar-refractivity contribution in [2.75, 3.05) is 0 Å². The van der Waals surface area contributed by atoms with E-state index >= 15 is 0 Å². The first kappa shape index (κ1) is 12.9. The van der Waals surface area contributed by atoms with E-state index < -0.39 is 23.9 Å². The van der Waals surface area contributed by atoms with Gasteiger partial charge in [-0.15, -0.1) is 0 Å². The van der Waals surface area contributed by atoms with Crippen LogP contribution in [0.25, 0.3) is 0 Å². The lowest BCUT2D eigenvalue weighted by molar-refractivity contribution is -0.0503. The van der Waals surface area contributed by atoms with E-state index in [4.69, 9.17) is 0 Å². The van der Waals surface area contributed by atoms with Gasteiger partial charge in [0.05, 0.1) is 0 Å². The highest BCUT2D eigenvalue weighted by atomic mass is 32.2. The normalized spacial score (nSPS) is 14.6. The zero-order valence-electron chi connectivity index (χ0n) is 7.47. The molecule has 0 saturated carbocycles. The Morgan fingerprint density at radius 1 is 1.31 bits per heavy atom. The van der Waals surface area contributed by atoms with Crippen molar-refractivity contribution in [3.63, 3.8) is 0 Å². The number of halogens is 3. The molecular weight excluding hydrogens is 225 g/mol. The van der Waals surface area contributed by atoms with Gasteiger partial charge in [-0.25, -0.2) is 0 Å². The van der Waals surface area contributed by atoms with E-state index in [1.165, 1.54) is 13.1 Å². The molecule has 8 heteroatoms. The SMILES string of the molecule is CC[Si](C)(C)OS(=O)(=O)C(F)(F)F. The van der Waals surface area contributed by atoms with Gasteiger partial charge in [-0.05, 0) is 19.1 Å². The van der Waals surface area contributed by atoms with Crippen molar-refractivity contribution in [1.29, 1.82) is 0 Å². The lowest BCUT2D eigenvalue weighted by atomic mass is 11.0. The molecule has 0 N–H and O–H groups in total. The highest BCUT2D eigenvalue weighted by Crippen LogP contribution is 2.28. The molecule has 0 unspecified atom stereocenters. The lowest BCUT2D eigenvalue weighted by Gasteiger charge is -2.20. The van der Waals surface area contributed by atoms with Crippen LogP contribution in [0.15, 0.2) is 0 Å². The topological polar surface area (TPSA) is 43.4 Å². The molecule has 0 heterocycles. The van der Waals surface area contributed by atoms with E-state index in [9.17, 15) is 21.6 Å². The molecule has 0 fully saturated rings. The van der Waals surface area contributed by atoms with Crippen LogP contribution in [0.1, 0.15) is 6.92 Å². The largest absolute Gasteiger partial charge is 0.522 e. The molecule has 0 saturated heterocycles. The summed E-state index contributed by atoms with van der Waals surface area (Å²) in [4.78, 5) is 0. The van der Waals surface area contributed by atoms with Gasteiger partial charge in [0.2, 0.25) is 8.32 Å². The Morgan fingerprint density at radius 3 is 1.92 bits per heavy atom. The van der Waals surface area contributed by atoms with Gasteiger partial charge in [0.25, 0.3) is 0 Å². The first-order chi connectivity index (χ1) is 5.52. The van der Waals surface area contributed by atoms with Crippen molar-refractivity contribution in [2.24, 2.45) is 0 Å². The maximum Gasteiger partial charge on any atom is 0.522 e. The van der Waals surface area contributed by atoms with Crippen molar-refractivity contribution in [3.8, 4) is 0 Å². The first-order valence-corrected chi connectivity index (χ1v) is 8.06. The summed E-state index contributed by atoms with van der Waals surface area (Å²) in [6.07, 6.45) is 0. The van der Waals surface area contributed by atoms with Crippen LogP contribution in [0.2, 0.25) is 19.1 Å². The zero-order valence-corrected chi connectivity index (χ0v) is 9.29. The average Bonchev–Trinajstić information content (AvgIpc) is 1.83. The summed E-state index contributed by atoms with van der Waals surface area (Å²) in [6.45, 7) is 4.42. The predicted octanol–water partition coefficient (Wildman–Crippen LogP) is 2.08. The van der Waals surface area contributed by atoms with E-state index in [0.29, 0.717) is 6.04 Å². The number of hydrogen-bond acceptors (Lipinski definition) is 3. The number of alkyl halides is 3. The molecule has 0 bridgehead atoms. The van der Waals surface area contributed by atoms with Crippen LogP contribution in [0.4, 0.5) is 13.2 Å². The Bertz CT molecular complexity index is 269. The van der Waals surface area contributed by atoms with E-state index in [1.54, 1.807) is 6.92 Å². The monoisotopic (exact) mass is 236 g/mol. The molecule has 0 aliphatic carbocycles. The van der Waals surface area contributed by atoms with Crippen molar-refractivity contribution in [1.82, 2.24) is 0 Å². The molecule has 0 amide bonds. The fraction of sp³-hybridized carbons (Fsp3) is 1.00. The third-order valence-electron chi connectivity index (χ3n) is 1.47. The minimum atomic E-state index is -5.41. The van der Waals surface area contributed by atoms with Gasteiger partial charge in [0.1, 0.15) is 0 Å². The molecule has 0 aromatic carbocycles. The minimum Gasteiger partial charge on any atom is -0.308 e. The van der Waals surface area contributed by atoms with Gasteiger partial charge in [-0.1, -0.05) is 6.92 Å². The molecule has 0 radical (unpaired) electrons. The Balaban J connectivity index is 4.74. The minimum absolute atomic E-state index is 0.308. The highest BCUT2D eigenvalue weighted by molar-refractivity contribution is 7.88. The van der Waals surface area contributed by atoms with Crippen LogP contribution in [0.3, 0.4) is 0 Å². The third-order valence-corrected chi connectivity index (χ3v) is 6.42. The van der Waals surface area contributed by atoms with Gasteiger partial charge < -0.3 is 3.87 Å². The summed E-state index contributed by atoms with van der Waals surface area (Å²) < 4.78 is 60.6. The fourth-order valence-electron chi connectivity index (χ4n) is 0.403. The van der Waals surface area contributed by atoms with Gasteiger partial charge in [0, 0.05) is 0 Å². The summed E-state index contributed by atoms with van der Waals surface area (Å²) in [5, 5.41) is 0. The predicted molar refractivity (Wildman–Crippen MR) is 44.0 cm³/mol. The Kier molecular flexibility index (Phi) is 3.56. The molecular formula is C5H11F3O3SSi. The van der Waals surface area contributed by atoms with Crippen molar-refractivity contribution < 1.29 is 25.5 Å². The summed E-state index contributed by atoms with van der Waals surface area (Å²) in [5.41, 5.74) is -5.31.